The molecule has 0 saturated carbocycles. The smallest absolute Gasteiger partial charge is 0.307 e. The Morgan fingerprint density at radius 2 is 2.21 bits per heavy atom. The number of aliphatic carboxylic acids is 1. The van der Waals surface area contributed by atoms with Crippen LogP contribution in [0.15, 0.2) is 18.2 Å². The fourth-order valence-electron chi connectivity index (χ4n) is 2.46. The first-order valence-electron chi connectivity index (χ1n) is 6.45. The van der Waals surface area contributed by atoms with Crippen molar-refractivity contribution in [3.8, 4) is 0 Å². The molecule has 0 aliphatic carbocycles. The first kappa shape index (κ1) is 14.6. The van der Waals surface area contributed by atoms with Crippen LogP contribution in [0.1, 0.15) is 18.4 Å². The second-order valence-electron chi connectivity index (χ2n) is 4.96. The van der Waals surface area contributed by atoms with E-state index >= 15 is 0 Å². The summed E-state index contributed by atoms with van der Waals surface area (Å²) in [7, 11) is 0. The largest absolute Gasteiger partial charge is 0.481 e. The number of nitrogens with zero attached hydrogens (tertiary/aromatic N) is 1. The van der Waals surface area contributed by atoms with Gasteiger partial charge >= 0.3 is 5.97 Å². The minimum absolute atomic E-state index is 0.227. The maximum absolute atomic E-state index is 11.0. The predicted octanol–water partition coefficient (Wildman–Crippen LogP) is 3.33. The van der Waals surface area contributed by atoms with Gasteiger partial charge in [0.05, 0.1) is 5.92 Å². The SMILES string of the molecule is O=C(O)C1CCCN(CCc2ccc(Cl)cc2Cl)C1. The molecule has 1 atom stereocenters. The lowest BCUT2D eigenvalue weighted by Gasteiger charge is -2.30. The monoisotopic (exact) mass is 301 g/mol. The molecule has 1 aliphatic rings. The molecule has 1 aromatic carbocycles. The van der Waals surface area contributed by atoms with E-state index in [1.165, 1.54) is 0 Å². The third-order valence-electron chi connectivity index (χ3n) is 3.57. The fraction of sp³-hybridized carbons (Fsp3) is 0.500. The Bertz CT molecular complexity index is 465. The number of hydrogen-bond acceptors (Lipinski definition) is 2. The molecule has 5 heteroatoms. The van der Waals surface area contributed by atoms with Gasteiger partial charge in [0.25, 0.3) is 0 Å². The summed E-state index contributed by atoms with van der Waals surface area (Å²) in [5.74, 6) is -0.913. The highest BCUT2D eigenvalue weighted by Crippen LogP contribution is 2.22. The van der Waals surface area contributed by atoms with Gasteiger partial charge in [-0.15, -0.1) is 0 Å². The predicted molar refractivity (Wildman–Crippen MR) is 77.0 cm³/mol. The summed E-state index contributed by atoms with van der Waals surface area (Å²) in [4.78, 5) is 13.2. The van der Waals surface area contributed by atoms with Crippen LogP contribution in [-0.4, -0.2) is 35.6 Å². The van der Waals surface area contributed by atoms with E-state index in [1.54, 1.807) is 6.07 Å². The molecule has 0 bridgehead atoms. The molecule has 1 fully saturated rings. The van der Waals surface area contributed by atoms with Gasteiger partial charge in [0, 0.05) is 23.1 Å². The zero-order valence-corrected chi connectivity index (χ0v) is 12.1. The van der Waals surface area contributed by atoms with Crippen LogP contribution in [0.3, 0.4) is 0 Å². The van der Waals surface area contributed by atoms with Crippen LogP contribution in [0.5, 0.6) is 0 Å². The van der Waals surface area contributed by atoms with E-state index in [0.29, 0.717) is 16.6 Å². The quantitative estimate of drug-likeness (QED) is 0.927. The number of benzene rings is 1. The number of carbonyl (C=O) groups is 1. The Hall–Kier alpha value is -0.770. The number of hydrogen-bond donors (Lipinski definition) is 1. The molecule has 0 amide bonds. The molecule has 1 unspecified atom stereocenters. The Balaban J connectivity index is 1.89. The van der Waals surface area contributed by atoms with Gasteiger partial charge in [0.15, 0.2) is 0 Å². The Morgan fingerprint density at radius 1 is 1.42 bits per heavy atom. The zero-order chi connectivity index (χ0) is 13.8. The van der Waals surface area contributed by atoms with Gasteiger partial charge in [-0.3, -0.25) is 4.79 Å². The standard InChI is InChI=1S/C14H17Cl2NO2/c15-12-4-3-10(13(16)8-12)5-7-17-6-1-2-11(9-17)14(18)19/h3-4,8,11H,1-2,5-7,9H2,(H,18,19). The molecular formula is C14H17Cl2NO2. The molecule has 19 heavy (non-hydrogen) atoms. The maximum Gasteiger partial charge on any atom is 0.307 e. The number of piperidine rings is 1. The van der Waals surface area contributed by atoms with Crippen molar-refractivity contribution in [2.75, 3.05) is 19.6 Å². The molecule has 2 rings (SSSR count). The Labute approximate surface area is 123 Å². The van der Waals surface area contributed by atoms with E-state index in [1.807, 2.05) is 12.1 Å². The van der Waals surface area contributed by atoms with E-state index < -0.39 is 5.97 Å². The van der Waals surface area contributed by atoms with Crippen LogP contribution in [-0.2, 0) is 11.2 Å². The van der Waals surface area contributed by atoms with Crippen molar-refractivity contribution in [3.63, 3.8) is 0 Å². The molecule has 3 nitrogen and oxygen atoms in total. The molecule has 0 aromatic heterocycles. The number of carboxylic acids is 1. The summed E-state index contributed by atoms with van der Waals surface area (Å²) in [6.07, 6.45) is 2.56. The minimum Gasteiger partial charge on any atom is -0.481 e. The van der Waals surface area contributed by atoms with Crippen LogP contribution in [0.2, 0.25) is 10.0 Å². The molecule has 1 heterocycles. The van der Waals surface area contributed by atoms with Gasteiger partial charge in [0.2, 0.25) is 0 Å². The normalized spacial score (nSPS) is 20.4. The third-order valence-corrected chi connectivity index (χ3v) is 4.15. The molecular weight excluding hydrogens is 285 g/mol. The minimum atomic E-state index is -0.686. The number of likely N-dealkylation sites (tertiary alicyclic amines) is 1. The second-order valence-corrected chi connectivity index (χ2v) is 5.81. The second kappa shape index (κ2) is 6.60. The molecule has 1 aliphatic heterocycles. The van der Waals surface area contributed by atoms with Gasteiger partial charge in [0.1, 0.15) is 0 Å². The van der Waals surface area contributed by atoms with Crippen molar-refractivity contribution in [2.24, 2.45) is 5.92 Å². The summed E-state index contributed by atoms with van der Waals surface area (Å²) >= 11 is 12.0. The first-order valence-corrected chi connectivity index (χ1v) is 7.21. The Kier molecular flexibility index (Phi) is 5.08. The average Bonchev–Trinajstić information content (AvgIpc) is 2.38. The summed E-state index contributed by atoms with van der Waals surface area (Å²) in [5, 5.41) is 10.4. The highest BCUT2D eigenvalue weighted by Gasteiger charge is 2.24. The third kappa shape index (κ3) is 4.10. The summed E-state index contributed by atoms with van der Waals surface area (Å²) in [6.45, 7) is 2.45. The summed E-state index contributed by atoms with van der Waals surface area (Å²) in [6, 6.07) is 5.51. The van der Waals surface area contributed by atoms with Crippen molar-refractivity contribution < 1.29 is 9.90 Å². The molecule has 0 spiro atoms. The van der Waals surface area contributed by atoms with E-state index in [0.717, 1.165) is 37.9 Å². The van der Waals surface area contributed by atoms with Crippen molar-refractivity contribution in [1.29, 1.82) is 0 Å². The van der Waals surface area contributed by atoms with Crippen molar-refractivity contribution in [3.05, 3.63) is 33.8 Å². The number of halogens is 2. The van der Waals surface area contributed by atoms with Crippen molar-refractivity contribution in [1.82, 2.24) is 4.90 Å². The van der Waals surface area contributed by atoms with Crippen LogP contribution in [0.4, 0.5) is 0 Å². The lowest BCUT2D eigenvalue weighted by atomic mass is 9.98. The molecule has 1 aromatic rings. The first-order chi connectivity index (χ1) is 9.06. The Morgan fingerprint density at radius 3 is 2.89 bits per heavy atom. The van der Waals surface area contributed by atoms with E-state index in [4.69, 9.17) is 28.3 Å². The average molecular weight is 302 g/mol. The topological polar surface area (TPSA) is 40.5 Å². The van der Waals surface area contributed by atoms with Gasteiger partial charge in [-0.05, 0) is 43.5 Å². The molecule has 1 saturated heterocycles. The summed E-state index contributed by atoms with van der Waals surface area (Å²) < 4.78 is 0. The van der Waals surface area contributed by atoms with E-state index in [9.17, 15) is 4.79 Å². The molecule has 1 N–H and O–H groups in total. The lowest BCUT2D eigenvalue weighted by molar-refractivity contribution is -0.143. The zero-order valence-electron chi connectivity index (χ0n) is 10.6. The number of rotatable bonds is 4. The maximum atomic E-state index is 11.0. The van der Waals surface area contributed by atoms with E-state index in [-0.39, 0.29) is 5.92 Å². The van der Waals surface area contributed by atoms with Crippen LogP contribution in [0, 0.1) is 5.92 Å². The molecule has 0 radical (unpaired) electrons. The molecule has 104 valence electrons. The highest BCUT2D eigenvalue weighted by atomic mass is 35.5. The van der Waals surface area contributed by atoms with Gasteiger partial charge in [-0.1, -0.05) is 29.3 Å². The lowest BCUT2D eigenvalue weighted by Crippen LogP contribution is -2.39. The van der Waals surface area contributed by atoms with Crippen LogP contribution >= 0.6 is 23.2 Å². The summed E-state index contributed by atoms with van der Waals surface area (Å²) in [5.41, 5.74) is 1.06. The van der Waals surface area contributed by atoms with Gasteiger partial charge < -0.3 is 10.0 Å². The fourth-order valence-corrected chi connectivity index (χ4v) is 2.97. The van der Waals surface area contributed by atoms with Gasteiger partial charge in [-0.2, -0.15) is 0 Å². The van der Waals surface area contributed by atoms with Crippen molar-refractivity contribution in [2.45, 2.75) is 19.3 Å². The highest BCUT2D eigenvalue weighted by molar-refractivity contribution is 6.35. The van der Waals surface area contributed by atoms with E-state index in [2.05, 4.69) is 4.90 Å². The van der Waals surface area contributed by atoms with Crippen molar-refractivity contribution >= 4 is 29.2 Å². The van der Waals surface area contributed by atoms with Crippen LogP contribution < -0.4 is 0 Å². The number of carboxylic acid groups (broad SMARTS) is 1. The van der Waals surface area contributed by atoms with Gasteiger partial charge in [-0.25, -0.2) is 0 Å². The van der Waals surface area contributed by atoms with Crippen LogP contribution in [0.25, 0.3) is 0 Å².